The van der Waals surface area contributed by atoms with Crippen LogP contribution < -0.4 is 16.0 Å². The highest BCUT2D eigenvalue weighted by atomic mass is 16.2. The molecule has 0 aliphatic heterocycles. The first-order valence-electron chi connectivity index (χ1n) is 8.71. The Labute approximate surface area is 145 Å². The average molecular weight is 334 g/mol. The van der Waals surface area contributed by atoms with E-state index in [2.05, 4.69) is 62.6 Å². The largest absolute Gasteiger partial charge is 0.341 e. The van der Waals surface area contributed by atoms with E-state index in [1.54, 1.807) is 0 Å². The number of carbonyl (C=O) groups is 2. The molecule has 0 aliphatic rings. The van der Waals surface area contributed by atoms with Crippen LogP contribution in [-0.4, -0.2) is 25.0 Å². The van der Waals surface area contributed by atoms with Crippen molar-refractivity contribution in [3.8, 4) is 0 Å². The van der Waals surface area contributed by atoms with Crippen molar-refractivity contribution in [1.29, 1.82) is 0 Å². The van der Waals surface area contributed by atoms with Crippen LogP contribution in [0.5, 0.6) is 0 Å². The van der Waals surface area contributed by atoms with E-state index in [0.29, 0.717) is 11.8 Å². The van der Waals surface area contributed by atoms with Crippen molar-refractivity contribution in [1.82, 2.24) is 10.6 Å². The number of amides is 3. The Kier molecular flexibility index (Phi) is 7.92. The van der Waals surface area contributed by atoms with Crippen LogP contribution in [-0.2, 0) is 11.2 Å². The van der Waals surface area contributed by atoms with Crippen LogP contribution in [0.15, 0.2) is 24.3 Å². The second-order valence-corrected chi connectivity index (χ2v) is 7.16. The number of hydrogen-bond acceptors (Lipinski definition) is 2. The Hall–Kier alpha value is -1.88. The number of quaternary nitrogens is 1. The molecule has 1 aromatic carbocycles. The lowest BCUT2D eigenvalue weighted by Gasteiger charge is -2.23. The first-order chi connectivity index (χ1) is 11.2. The minimum absolute atomic E-state index is 0.170. The van der Waals surface area contributed by atoms with Gasteiger partial charge < -0.3 is 10.6 Å². The van der Waals surface area contributed by atoms with Crippen LogP contribution in [0.1, 0.15) is 51.8 Å². The smallest absolute Gasteiger partial charge is 0.321 e. The number of nitrogens with one attached hydrogen (secondary N) is 2. The van der Waals surface area contributed by atoms with Gasteiger partial charge in [0, 0.05) is 18.5 Å². The van der Waals surface area contributed by atoms with Crippen molar-refractivity contribution in [2.45, 2.75) is 53.1 Å². The van der Waals surface area contributed by atoms with E-state index in [1.807, 2.05) is 12.2 Å². The molecule has 5 heteroatoms. The third-order valence-electron chi connectivity index (χ3n) is 4.10. The van der Waals surface area contributed by atoms with E-state index >= 15 is 0 Å². The highest BCUT2D eigenvalue weighted by molar-refractivity contribution is 5.95. The zero-order chi connectivity index (χ0) is 18.3. The molecule has 1 aromatic rings. The van der Waals surface area contributed by atoms with Gasteiger partial charge in [-0.2, -0.15) is 0 Å². The van der Waals surface area contributed by atoms with E-state index in [4.69, 9.17) is 0 Å². The Balaban J connectivity index is 2.79. The van der Waals surface area contributed by atoms with Crippen molar-refractivity contribution in [3.05, 3.63) is 35.4 Å². The minimum Gasteiger partial charge on any atom is -0.341 e. The number of rotatable bonds is 7. The normalized spacial score (nSPS) is 13.7. The summed E-state index contributed by atoms with van der Waals surface area (Å²) in [5.74, 6) is 0.726. The summed E-state index contributed by atoms with van der Waals surface area (Å²) in [5, 5.41) is 6.76. The molecule has 0 saturated carbocycles. The van der Waals surface area contributed by atoms with Gasteiger partial charge in [0.1, 0.15) is 6.04 Å². The second-order valence-electron chi connectivity index (χ2n) is 7.16. The van der Waals surface area contributed by atoms with Crippen LogP contribution in [0, 0.1) is 11.8 Å². The summed E-state index contributed by atoms with van der Waals surface area (Å²) < 4.78 is 0. The second kappa shape index (κ2) is 9.42. The van der Waals surface area contributed by atoms with Crippen LogP contribution in [0.25, 0.3) is 0 Å². The number of urea groups is 1. The standard InChI is InChI=1S/C19H31N3O2/c1-12(2)11-15-7-9-16(10-8-15)17(13(3)4)21-14(5)18(23)22-19(24)20-6/h7-10,12-14,17,21H,11H2,1-6H3,(H2,20,22,23,24)/p+1/t14-,17-/m1/s1. The van der Waals surface area contributed by atoms with Crippen LogP contribution in [0.2, 0.25) is 0 Å². The highest BCUT2D eigenvalue weighted by Gasteiger charge is 2.26. The molecule has 0 aliphatic carbocycles. The molecule has 0 saturated heterocycles. The van der Waals surface area contributed by atoms with E-state index in [-0.39, 0.29) is 18.0 Å². The number of benzene rings is 1. The molecular formula is C19H32N3O2+. The van der Waals surface area contributed by atoms with Crippen LogP contribution in [0.4, 0.5) is 4.79 Å². The fraction of sp³-hybridized carbons (Fsp3) is 0.579. The summed E-state index contributed by atoms with van der Waals surface area (Å²) in [6.07, 6.45) is 1.07. The lowest BCUT2D eigenvalue weighted by atomic mass is 9.93. The molecule has 0 unspecified atom stereocenters. The van der Waals surface area contributed by atoms with Gasteiger partial charge in [0.2, 0.25) is 0 Å². The molecule has 4 N–H and O–H groups in total. The number of imide groups is 1. The molecule has 0 aromatic heterocycles. The SMILES string of the molecule is CNC(=O)NC(=O)[C@@H](C)[NH2+][C@@H](c1ccc(CC(C)C)cc1)C(C)C. The lowest BCUT2D eigenvalue weighted by molar-refractivity contribution is -0.719. The first kappa shape index (κ1) is 20.2. The molecule has 134 valence electrons. The molecule has 0 radical (unpaired) electrons. The average Bonchev–Trinajstić information content (AvgIpc) is 2.52. The van der Waals surface area contributed by atoms with Crippen molar-refractivity contribution in [3.63, 3.8) is 0 Å². The molecule has 0 bridgehead atoms. The van der Waals surface area contributed by atoms with Crippen molar-refractivity contribution in [2.24, 2.45) is 11.8 Å². The predicted octanol–water partition coefficient (Wildman–Crippen LogP) is 1.99. The van der Waals surface area contributed by atoms with Gasteiger partial charge in [-0.15, -0.1) is 0 Å². The molecular weight excluding hydrogens is 302 g/mol. The Morgan fingerprint density at radius 2 is 1.62 bits per heavy atom. The molecule has 3 amide bonds. The van der Waals surface area contributed by atoms with Gasteiger partial charge in [-0.05, 0) is 24.8 Å². The van der Waals surface area contributed by atoms with E-state index in [9.17, 15) is 9.59 Å². The fourth-order valence-corrected chi connectivity index (χ4v) is 2.75. The zero-order valence-electron chi connectivity index (χ0n) is 15.7. The highest BCUT2D eigenvalue weighted by Crippen LogP contribution is 2.19. The fourth-order valence-electron chi connectivity index (χ4n) is 2.75. The summed E-state index contributed by atoms with van der Waals surface area (Å²) in [4.78, 5) is 23.4. The topological polar surface area (TPSA) is 74.8 Å². The maximum Gasteiger partial charge on any atom is 0.321 e. The van der Waals surface area contributed by atoms with Gasteiger partial charge in [0.15, 0.2) is 6.04 Å². The van der Waals surface area contributed by atoms with Crippen molar-refractivity contribution in [2.75, 3.05) is 7.05 Å². The van der Waals surface area contributed by atoms with E-state index in [0.717, 1.165) is 6.42 Å². The number of carbonyl (C=O) groups excluding carboxylic acids is 2. The monoisotopic (exact) mass is 334 g/mol. The molecule has 0 fully saturated rings. The van der Waals surface area contributed by atoms with Gasteiger partial charge in [-0.3, -0.25) is 10.1 Å². The summed E-state index contributed by atoms with van der Waals surface area (Å²) in [6, 6.07) is 8.01. The minimum atomic E-state index is -0.473. The lowest BCUT2D eigenvalue weighted by Crippen LogP contribution is -2.93. The quantitative estimate of drug-likeness (QED) is 0.713. The number of hydrogen-bond donors (Lipinski definition) is 3. The zero-order valence-corrected chi connectivity index (χ0v) is 15.7. The number of nitrogens with two attached hydrogens (primary N) is 1. The summed E-state index contributed by atoms with van der Waals surface area (Å²) >= 11 is 0. The van der Waals surface area contributed by atoms with Gasteiger partial charge >= 0.3 is 6.03 Å². The third kappa shape index (κ3) is 6.32. The first-order valence-corrected chi connectivity index (χ1v) is 8.71. The van der Waals surface area contributed by atoms with Gasteiger partial charge in [-0.25, -0.2) is 4.79 Å². The van der Waals surface area contributed by atoms with Crippen molar-refractivity contribution >= 4 is 11.9 Å². The third-order valence-corrected chi connectivity index (χ3v) is 4.10. The Bertz CT molecular complexity index is 538. The van der Waals surface area contributed by atoms with Gasteiger partial charge in [-0.1, -0.05) is 52.0 Å². The molecule has 24 heavy (non-hydrogen) atoms. The van der Waals surface area contributed by atoms with Crippen LogP contribution >= 0.6 is 0 Å². The van der Waals surface area contributed by atoms with E-state index < -0.39 is 6.03 Å². The Morgan fingerprint density at radius 3 is 2.08 bits per heavy atom. The maximum atomic E-state index is 12.1. The summed E-state index contributed by atoms with van der Waals surface area (Å²) in [5.41, 5.74) is 2.54. The summed E-state index contributed by atoms with van der Waals surface area (Å²) in [6.45, 7) is 10.5. The van der Waals surface area contributed by atoms with E-state index in [1.165, 1.54) is 18.2 Å². The molecule has 1 rings (SSSR count). The molecule has 2 atom stereocenters. The predicted molar refractivity (Wildman–Crippen MR) is 96.5 cm³/mol. The maximum absolute atomic E-state index is 12.1. The molecule has 0 heterocycles. The molecule has 5 nitrogen and oxygen atoms in total. The van der Waals surface area contributed by atoms with Crippen LogP contribution in [0.3, 0.4) is 0 Å². The molecule has 0 spiro atoms. The van der Waals surface area contributed by atoms with Gasteiger partial charge in [0.25, 0.3) is 5.91 Å². The Morgan fingerprint density at radius 1 is 1.04 bits per heavy atom. The summed E-state index contributed by atoms with van der Waals surface area (Å²) in [7, 11) is 1.49. The van der Waals surface area contributed by atoms with Gasteiger partial charge in [0.05, 0.1) is 0 Å². The van der Waals surface area contributed by atoms with Crippen molar-refractivity contribution < 1.29 is 14.9 Å².